The third-order valence-electron chi connectivity index (χ3n) is 13.7. The Hall–Kier alpha value is -1.92. The van der Waals surface area contributed by atoms with Gasteiger partial charge < -0.3 is 20.3 Å². The molecule has 0 heterocycles. The molecule has 0 aromatic rings. The third-order valence-corrected chi connectivity index (χ3v) is 13.7. The van der Waals surface area contributed by atoms with Crippen molar-refractivity contribution in [1.29, 1.82) is 0 Å². The van der Waals surface area contributed by atoms with Gasteiger partial charge in [0.1, 0.15) is 0 Å². The van der Waals surface area contributed by atoms with E-state index in [1.807, 2.05) is 6.08 Å². The van der Waals surface area contributed by atoms with Crippen molar-refractivity contribution in [3.05, 3.63) is 36.5 Å². The number of ether oxygens (including phenoxy) is 1. The first-order valence-corrected chi connectivity index (χ1v) is 29.8. The average molecular weight is 943 g/mol. The molecule has 0 aromatic carbocycles. The van der Waals surface area contributed by atoms with Gasteiger partial charge in [0.15, 0.2) is 0 Å². The molecule has 0 aromatic heterocycles. The highest BCUT2D eigenvalue weighted by Crippen LogP contribution is 2.16. The third kappa shape index (κ3) is 53.3. The number of nitrogens with one attached hydrogen (secondary N) is 1. The van der Waals surface area contributed by atoms with E-state index in [0.29, 0.717) is 19.4 Å². The number of amides is 1. The summed E-state index contributed by atoms with van der Waals surface area (Å²) >= 11 is 0. The fourth-order valence-electron chi connectivity index (χ4n) is 9.08. The van der Waals surface area contributed by atoms with Gasteiger partial charge in [-0.2, -0.15) is 0 Å². The molecular formula is C61H115NO5. The number of carbonyl (C=O) groups excluding carboxylic acids is 2. The van der Waals surface area contributed by atoms with Gasteiger partial charge in [-0.15, -0.1) is 0 Å². The van der Waals surface area contributed by atoms with Crippen molar-refractivity contribution in [2.45, 2.75) is 328 Å². The lowest BCUT2D eigenvalue weighted by molar-refractivity contribution is -0.143. The van der Waals surface area contributed by atoms with E-state index in [4.69, 9.17) is 4.74 Å². The molecule has 67 heavy (non-hydrogen) atoms. The maximum atomic E-state index is 12.4. The minimum Gasteiger partial charge on any atom is -0.466 e. The first kappa shape index (κ1) is 65.1. The Kier molecular flexibility index (Phi) is 55.0. The maximum absolute atomic E-state index is 12.4. The second-order valence-electron chi connectivity index (χ2n) is 20.3. The number of allylic oxidation sites excluding steroid dienone is 5. The molecular weight excluding hydrogens is 827 g/mol. The average Bonchev–Trinajstić information content (AvgIpc) is 3.33. The van der Waals surface area contributed by atoms with Crippen LogP contribution in [0.25, 0.3) is 0 Å². The van der Waals surface area contributed by atoms with Crippen LogP contribution in [0.4, 0.5) is 0 Å². The molecule has 394 valence electrons. The summed E-state index contributed by atoms with van der Waals surface area (Å²) in [7, 11) is 0. The topological polar surface area (TPSA) is 95.9 Å². The van der Waals surface area contributed by atoms with E-state index in [0.717, 1.165) is 57.8 Å². The van der Waals surface area contributed by atoms with Gasteiger partial charge in [0.25, 0.3) is 0 Å². The van der Waals surface area contributed by atoms with Gasteiger partial charge in [0.2, 0.25) is 5.91 Å². The summed E-state index contributed by atoms with van der Waals surface area (Å²) in [5, 5.41) is 23.1. The van der Waals surface area contributed by atoms with Gasteiger partial charge in [-0.25, -0.2) is 0 Å². The van der Waals surface area contributed by atoms with Gasteiger partial charge in [-0.3, -0.25) is 9.59 Å². The van der Waals surface area contributed by atoms with Gasteiger partial charge in [0.05, 0.1) is 25.4 Å². The number of rotatable bonds is 55. The summed E-state index contributed by atoms with van der Waals surface area (Å²) in [6, 6.07) is -0.635. The second kappa shape index (κ2) is 56.7. The number of unbranched alkanes of at least 4 members (excludes halogenated alkanes) is 40. The lowest BCUT2D eigenvalue weighted by atomic mass is 10.0. The number of carbonyl (C=O) groups is 2. The Morgan fingerprint density at radius 2 is 0.746 bits per heavy atom. The molecule has 0 fully saturated rings. The molecule has 0 spiro atoms. The lowest BCUT2D eigenvalue weighted by Gasteiger charge is -2.20. The van der Waals surface area contributed by atoms with Crippen molar-refractivity contribution in [3.8, 4) is 0 Å². The molecule has 0 aliphatic heterocycles. The van der Waals surface area contributed by atoms with Gasteiger partial charge in [-0.05, 0) is 64.2 Å². The molecule has 6 heteroatoms. The van der Waals surface area contributed by atoms with Gasteiger partial charge in [-0.1, -0.05) is 275 Å². The Bertz CT molecular complexity index is 1090. The highest BCUT2D eigenvalue weighted by molar-refractivity contribution is 5.76. The fourth-order valence-corrected chi connectivity index (χ4v) is 9.08. The van der Waals surface area contributed by atoms with E-state index in [9.17, 15) is 19.8 Å². The SMILES string of the molecule is CCCCCCCCCCCCCC/C=C/C(O)C(CO)NC(=O)CCCCCCCCC/C=C\C/C=C\CCCCCCCCCCCOC(=O)CCCCCCCCCCCCCCC. The monoisotopic (exact) mass is 942 g/mol. The van der Waals surface area contributed by atoms with Crippen LogP contribution in [-0.2, 0) is 14.3 Å². The van der Waals surface area contributed by atoms with Crippen LogP contribution in [0.5, 0.6) is 0 Å². The molecule has 0 rings (SSSR count). The Morgan fingerprint density at radius 3 is 1.13 bits per heavy atom. The molecule has 0 saturated heterocycles. The zero-order valence-electron chi connectivity index (χ0n) is 44.9. The van der Waals surface area contributed by atoms with Crippen molar-refractivity contribution in [3.63, 3.8) is 0 Å². The normalized spacial score (nSPS) is 12.8. The van der Waals surface area contributed by atoms with Crippen LogP contribution in [0.1, 0.15) is 316 Å². The smallest absolute Gasteiger partial charge is 0.305 e. The number of aliphatic hydroxyl groups excluding tert-OH is 2. The van der Waals surface area contributed by atoms with Crippen molar-refractivity contribution in [2.24, 2.45) is 0 Å². The molecule has 3 N–H and O–H groups in total. The summed E-state index contributed by atoms with van der Waals surface area (Å²) in [5.74, 6) is -0.0702. The summed E-state index contributed by atoms with van der Waals surface area (Å²) in [4.78, 5) is 24.5. The first-order chi connectivity index (χ1) is 33.0. The number of esters is 1. The summed E-state index contributed by atoms with van der Waals surface area (Å²) in [6.45, 7) is 4.90. The second-order valence-corrected chi connectivity index (χ2v) is 20.3. The van der Waals surface area contributed by atoms with Crippen LogP contribution < -0.4 is 5.32 Å². The molecule has 6 nitrogen and oxygen atoms in total. The minimum absolute atomic E-state index is 0.00786. The van der Waals surface area contributed by atoms with E-state index in [2.05, 4.69) is 43.5 Å². The molecule has 0 aliphatic carbocycles. The van der Waals surface area contributed by atoms with Crippen LogP contribution in [0, 0.1) is 0 Å². The van der Waals surface area contributed by atoms with Crippen molar-refractivity contribution in [2.75, 3.05) is 13.2 Å². The zero-order valence-corrected chi connectivity index (χ0v) is 44.9. The van der Waals surface area contributed by atoms with Crippen LogP contribution >= 0.6 is 0 Å². The van der Waals surface area contributed by atoms with Crippen LogP contribution in [0.3, 0.4) is 0 Å². The Morgan fingerprint density at radius 1 is 0.418 bits per heavy atom. The Labute approximate surface area is 417 Å². The van der Waals surface area contributed by atoms with Crippen LogP contribution in [0.15, 0.2) is 36.5 Å². The fraction of sp³-hybridized carbons (Fsp3) is 0.869. The van der Waals surface area contributed by atoms with Crippen molar-refractivity contribution >= 4 is 11.9 Å². The lowest BCUT2D eigenvalue weighted by Crippen LogP contribution is -2.45. The quantitative estimate of drug-likeness (QED) is 0.0321. The maximum Gasteiger partial charge on any atom is 0.305 e. The molecule has 0 radical (unpaired) electrons. The van der Waals surface area contributed by atoms with Crippen LogP contribution in [-0.4, -0.2) is 47.4 Å². The Balaban J connectivity index is 3.47. The molecule has 0 aliphatic rings. The van der Waals surface area contributed by atoms with E-state index >= 15 is 0 Å². The number of aliphatic hydroxyl groups is 2. The highest BCUT2D eigenvalue weighted by atomic mass is 16.5. The standard InChI is InChI=1S/C61H115NO5/c1-3-5-7-9-11-13-15-17-30-33-37-41-45-49-53-59(64)58(57-63)62-60(65)54-50-46-42-38-34-31-27-25-23-21-19-18-20-22-24-26-28-32-36-40-44-48-52-56-67-61(66)55-51-47-43-39-35-29-16-14-12-10-8-6-4-2/h18,20-21,23,49,53,58-59,63-64H,3-17,19,22,24-48,50-52,54-57H2,1-2H3,(H,62,65)/b20-18-,23-21-,53-49+. The van der Waals surface area contributed by atoms with E-state index < -0.39 is 12.1 Å². The van der Waals surface area contributed by atoms with E-state index in [1.54, 1.807) is 6.08 Å². The number of hydrogen-bond donors (Lipinski definition) is 3. The molecule has 1 amide bonds. The molecule has 2 unspecified atom stereocenters. The van der Waals surface area contributed by atoms with Gasteiger partial charge in [0, 0.05) is 12.8 Å². The largest absolute Gasteiger partial charge is 0.466 e. The van der Waals surface area contributed by atoms with Crippen molar-refractivity contribution < 1.29 is 24.5 Å². The van der Waals surface area contributed by atoms with Crippen LogP contribution in [0.2, 0.25) is 0 Å². The molecule has 0 saturated carbocycles. The molecule has 2 atom stereocenters. The first-order valence-electron chi connectivity index (χ1n) is 29.8. The summed E-state index contributed by atoms with van der Waals surface area (Å²) in [6.07, 6.45) is 70.3. The minimum atomic E-state index is -0.850. The van der Waals surface area contributed by atoms with E-state index in [-0.39, 0.29) is 18.5 Å². The summed E-state index contributed by atoms with van der Waals surface area (Å²) in [5.41, 5.74) is 0. The zero-order chi connectivity index (χ0) is 48.6. The predicted octanol–water partition coefficient (Wildman–Crippen LogP) is 18.4. The predicted molar refractivity (Wildman–Crippen MR) is 292 cm³/mol. The molecule has 0 bridgehead atoms. The summed E-state index contributed by atoms with van der Waals surface area (Å²) < 4.78 is 5.47. The number of hydrogen-bond acceptors (Lipinski definition) is 5. The highest BCUT2D eigenvalue weighted by Gasteiger charge is 2.18. The van der Waals surface area contributed by atoms with Crippen molar-refractivity contribution in [1.82, 2.24) is 5.32 Å². The van der Waals surface area contributed by atoms with E-state index in [1.165, 1.54) is 231 Å². The van der Waals surface area contributed by atoms with Gasteiger partial charge >= 0.3 is 5.97 Å².